The number of hydrogen-bond acceptors (Lipinski definition) is 5. The number of pyridine rings is 1. The maximum absolute atomic E-state index is 13.7. The minimum absolute atomic E-state index is 0.0189. The molecule has 0 radical (unpaired) electrons. The Kier molecular flexibility index (Phi) is 6.08. The van der Waals surface area contributed by atoms with E-state index in [-0.39, 0.29) is 29.6 Å². The third-order valence-electron chi connectivity index (χ3n) is 4.64. The van der Waals surface area contributed by atoms with Gasteiger partial charge in [0.2, 0.25) is 5.91 Å². The maximum Gasteiger partial charge on any atom is 0.267 e. The van der Waals surface area contributed by atoms with Gasteiger partial charge in [-0.1, -0.05) is 42.1 Å². The summed E-state index contributed by atoms with van der Waals surface area (Å²) in [4.78, 5) is 34.5. The number of carbonyl (C=O) groups is 1. The van der Waals surface area contributed by atoms with Gasteiger partial charge >= 0.3 is 0 Å². The molecule has 4 rings (SSSR count). The average molecular weight is 434 g/mol. The number of aromatic nitrogens is 3. The van der Waals surface area contributed by atoms with Crippen molar-refractivity contribution in [3.05, 3.63) is 94.2 Å². The summed E-state index contributed by atoms with van der Waals surface area (Å²) in [6.45, 7) is 2.00. The number of halogens is 1. The molecule has 0 saturated carbocycles. The molecule has 8 heteroatoms. The standard InChI is InChI=1S/C23H19FN4O2S/c1-15-10-11-25-20(12-15)28-22(30)17-7-3-5-9-19(17)27-23(28)31-14-21(29)26-13-16-6-2-4-8-18(16)24/h2-12H,13-14H2,1H3,(H,26,29). The predicted octanol–water partition coefficient (Wildman–Crippen LogP) is 3.64. The molecule has 0 unspecified atom stereocenters. The van der Waals surface area contributed by atoms with Crippen LogP contribution < -0.4 is 10.9 Å². The molecule has 0 fully saturated rings. The molecule has 2 heterocycles. The van der Waals surface area contributed by atoms with Crippen LogP contribution in [0, 0.1) is 12.7 Å². The highest BCUT2D eigenvalue weighted by molar-refractivity contribution is 7.99. The van der Waals surface area contributed by atoms with Crippen LogP contribution in [0.5, 0.6) is 0 Å². The summed E-state index contributed by atoms with van der Waals surface area (Å²) in [6.07, 6.45) is 1.63. The van der Waals surface area contributed by atoms with Crippen LogP contribution in [0.3, 0.4) is 0 Å². The Morgan fingerprint density at radius 2 is 1.90 bits per heavy atom. The molecule has 2 aromatic heterocycles. The van der Waals surface area contributed by atoms with Gasteiger partial charge in [-0.15, -0.1) is 0 Å². The van der Waals surface area contributed by atoms with Gasteiger partial charge in [-0.25, -0.2) is 18.9 Å². The quantitative estimate of drug-likeness (QED) is 0.370. The molecule has 31 heavy (non-hydrogen) atoms. The van der Waals surface area contributed by atoms with E-state index in [1.54, 1.807) is 54.7 Å². The summed E-state index contributed by atoms with van der Waals surface area (Å²) in [5, 5.41) is 3.53. The minimum atomic E-state index is -0.369. The summed E-state index contributed by atoms with van der Waals surface area (Å²) in [5.74, 6) is -0.201. The Bertz CT molecular complexity index is 1320. The van der Waals surface area contributed by atoms with Gasteiger partial charge < -0.3 is 5.32 Å². The number of aryl methyl sites for hydroxylation is 1. The van der Waals surface area contributed by atoms with E-state index in [1.807, 2.05) is 13.0 Å². The topological polar surface area (TPSA) is 76.9 Å². The van der Waals surface area contributed by atoms with Gasteiger partial charge in [0.05, 0.1) is 16.7 Å². The van der Waals surface area contributed by atoms with Crippen LogP contribution in [0.2, 0.25) is 0 Å². The Balaban J connectivity index is 1.60. The van der Waals surface area contributed by atoms with Crippen molar-refractivity contribution in [2.45, 2.75) is 18.6 Å². The lowest BCUT2D eigenvalue weighted by Gasteiger charge is -2.13. The lowest BCUT2D eigenvalue weighted by atomic mass is 10.2. The van der Waals surface area contributed by atoms with Crippen molar-refractivity contribution in [3.8, 4) is 5.82 Å². The second-order valence-corrected chi connectivity index (χ2v) is 7.84. The number of fused-ring (bicyclic) bond motifs is 1. The van der Waals surface area contributed by atoms with Crippen molar-refractivity contribution in [3.63, 3.8) is 0 Å². The largest absolute Gasteiger partial charge is 0.351 e. The Morgan fingerprint density at radius 1 is 1.13 bits per heavy atom. The van der Waals surface area contributed by atoms with Crippen molar-refractivity contribution >= 4 is 28.6 Å². The van der Waals surface area contributed by atoms with Gasteiger partial charge in [0.1, 0.15) is 11.6 Å². The number of benzene rings is 2. The zero-order valence-corrected chi connectivity index (χ0v) is 17.5. The molecule has 1 N–H and O–H groups in total. The number of hydrogen-bond donors (Lipinski definition) is 1. The van der Waals surface area contributed by atoms with Crippen LogP contribution in [0.15, 0.2) is 76.8 Å². The summed E-state index contributed by atoms with van der Waals surface area (Å²) >= 11 is 1.13. The Hall–Kier alpha value is -3.52. The SMILES string of the molecule is Cc1ccnc(-n2c(SCC(=O)NCc3ccccc3F)nc3ccccc3c2=O)c1. The van der Waals surface area contributed by atoms with Gasteiger partial charge in [0.15, 0.2) is 5.16 Å². The van der Waals surface area contributed by atoms with Crippen molar-refractivity contribution in [2.75, 3.05) is 5.75 Å². The first kappa shape index (κ1) is 20.7. The average Bonchev–Trinajstić information content (AvgIpc) is 2.77. The molecule has 0 aliphatic heterocycles. The molecule has 2 aromatic carbocycles. The first-order valence-corrected chi connectivity index (χ1v) is 10.6. The van der Waals surface area contributed by atoms with E-state index in [1.165, 1.54) is 10.6 Å². The molecule has 1 amide bonds. The molecule has 0 atom stereocenters. The fourth-order valence-electron chi connectivity index (χ4n) is 3.07. The fraction of sp³-hybridized carbons (Fsp3) is 0.130. The van der Waals surface area contributed by atoms with Crippen molar-refractivity contribution in [2.24, 2.45) is 0 Å². The lowest BCUT2D eigenvalue weighted by molar-refractivity contribution is -0.118. The molecule has 0 saturated heterocycles. The molecule has 6 nitrogen and oxygen atoms in total. The third-order valence-corrected chi connectivity index (χ3v) is 5.58. The first-order chi connectivity index (χ1) is 15.0. The molecule has 156 valence electrons. The Labute approximate surface area is 182 Å². The van der Waals surface area contributed by atoms with E-state index >= 15 is 0 Å². The van der Waals surface area contributed by atoms with Crippen LogP contribution >= 0.6 is 11.8 Å². The van der Waals surface area contributed by atoms with E-state index in [9.17, 15) is 14.0 Å². The first-order valence-electron chi connectivity index (χ1n) is 9.60. The second kappa shape index (κ2) is 9.09. The van der Waals surface area contributed by atoms with E-state index in [0.29, 0.717) is 27.4 Å². The van der Waals surface area contributed by atoms with Crippen LogP contribution in [0.4, 0.5) is 4.39 Å². The second-order valence-electron chi connectivity index (χ2n) is 6.90. The third kappa shape index (κ3) is 4.64. The highest BCUT2D eigenvalue weighted by Gasteiger charge is 2.16. The molecule has 0 spiro atoms. The molecular weight excluding hydrogens is 415 g/mol. The van der Waals surface area contributed by atoms with E-state index < -0.39 is 0 Å². The zero-order chi connectivity index (χ0) is 21.8. The van der Waals surface area contributed by atoms with E-state index in [0.717, 1.165) is 17.3 Å². The van der Waals surface area contributed by atoms with E-state index in [4.69, 9.17) is 0 Å². The van der Waals surface area contributed by atoms with Crippen molar-refractivity contribution < 1.29 is 9.18 Å². The molecule has 0 aliphatic carbocycles. The van der Waals surface area contributed by atoms with Gasteiger partial charge in [-0.3, -0.25) is 9.59 Å². The number of thioether (sulfide) groups is 1. The summed E-state index contributed by atoms with van der Waals surface area (Å²) in [5.41, 5.74) is 1.65. The highest BCUT2D eigenvalue weighted by Crippen LogP contribution is 2.21. The molecule has 0 aliphatic rings. The molecule has 0 bridgehead atoms. The van der Waals surface area contributed by atoms with Gasteiger partial charge in [-0.05, 0) is 42.8 Å². The van der Waals surface area contributed by atoms with Gasteiger partial charge in [0, 0.05) is 18.3 Å². The van der Waals surface area contributed by atoms with Crippen molar-refractivity contribution in [1.29, 1.82) is 0 Å². The smallest absolute Gasteiger partial charge is 0.267 e. The van der Waals surface area contributed by atoms with E-state index in [2.05, 4.69) is 15.3 Å². The highest BCUT2D eigenvalue weighted by atomic mass is 32.2. The zero-order valence-electron chi connectivity index (χ0n) is 16.7. The van der Waals surface area contributed by atoms with Crippen LogP contribution in [0.1, 0.15) is 11.1 Å². The summed E-state index contributed by atoms with van der Waals surface area (Å²) in [6, 6.07) is 17.0. The number of nitrogens with one attached hydrogen (secondary N) is 1. The number of nitrogens with zero attached hydrogens (tertiary/aromatic N) is 3. The van der Waals surface area contributed by atoms with Gasteiger partial charge in [-0.2, -0.15) is 0 Å². The lowest BCUT2D eigenvalue weighted by Crippen LogP contribution is -2.26. The number of rotatable bonds is 6. The van der Waals surface area contributed by atoms with Crippen LogP contribution in [-0.2, 0) is 11.3 Å². The predicted molar refractivity (Wildman–Crippen MR) is 119 cm³/mol. The minimum Gasteiger partial charge on any atom is -0.351 e. The number of carbonyl (C=O) groups excluding carboxylic acids is 1. The summed E-state index contributed by atoms with van der Waals surface area (Å²) in [7, 11) is 0. The van der Waals surface area contributed by atoms with Crippen LogP contribution in [0.25, 0.3) is 16.7 Å². The van der Waals surface area contributed by atoms with Crippen LogP contribution in [-0.4, -0.2) is 26.2 Å². The number of para-hydroxylation sites is 1. The molecule has 4 aromatic rings. The number of amides is 1. The fourth-order valence-corrected chi connectivity index (χ4v) is 3.90. The van der Waals surface area contributed by atoms with Gasteiger partial charge in [0.25, 0.3) is 5.56 Å². The van der Waals surface area contributed by atoms with Crippen molar-refractivity contribution in [1.82, 2.24) is 19.9 Å². The maximum atomic E-state index is 13.7. The normalized spacial score (nSPS) is 10.9. The summed E-state index contributed by atoms with van der Waals surface area (Å²) < 4.78 is 15.2. The monoisotopic (exact) mass is 434 g/mol. The Morgan fingerprint density at radius 3 is 2.71 bits per heavy atom. The molecular formula is C23H19FN4O2S.